The van der Waals surface area contributed by atoms with E-state index in [0.717, 1.165) is 5.69 Å². The van der Waals surface area contributed by atoms with Crippen LogP contribution in [0.1, 0.15) is 24.2 Å². The normalized spacial score (nSPS) is 20.1. The van der Waals surface area contributed by atoms with Crippen LogP contribution < -0.4 is 0 Å². The molecule has 1 aromatic heterocycles. The SMILES string of the molecule is COC[C@H]1CN(C(=O)c2ccc(-n3cccn3)cc2)CC(C)(C)O1. The lowest BCUT2D eigenvalue weighted by Crippen LogP contribution is -2.55. The zero-order valence-corrected chi connectivity index (χ0v) is 14.3. The third-order valence-corrected chi connectivity index (χ3v) is 4.00. The van der Waals surface area contributed by atoms with Crippen molar-refractivity contribution >= 4 is 5.91 Å². The highest BCUT2D eigenvalue weighted by Gasteiger charge is 2.35. The first kappa shape index (κ1) is 16.7. The molecular weight excluding hydrogens is 306 g/mol. The van der Waals surface area contributed by atoms with Gasteiger partial charge in [0.25, 0.3) is 5.91 Å². The van der Waals surface area contributed by atoms with Gasteiger partial charge in [-0.15, -0.1) is 0 Å². The lowest BCUT2D eigenvalue weighted by atomic mass is 10.0. The summed E-state index contributed by atoms with van der Waals surface area (Å²) in [6.07, 6.45) is 3.49. The Bertz CT molecular complexity index is 680. The first-order valence-electron chi connectivity index (χ1n) is 8.05. The van der Waals surface area contributed by atoms with E-state index < -0.39 is 0 Å². The molecule has 2 aromatic rings. The predicted molar refractivity (Wildman–Crippen MR) is 90.3 cm³/mol. The van der Waals surface area contributed by atoms with Crippen LogP contribution in [0.2, 0.25) is 0 Å². The second kappa shape index (κ2) is 6.75. The zero-order chi connectivity index (χ0) is 17.2. The first-order valence-corrected chi connectivity index (χ1v) is 8.05. The van der Waals surface area contributed by atoms with E-state index in [2.05, 4.69) is 5.10 Å². The molecule has 3 rings (SSSR count). The van der Waals surface area contributed by atoms with Crippen LogP contribution in [-0.2, 0) is 9.47 Å². The van der Waals surface area contributed by atoms with E-state index in [9.17, 15) is 4.79 Å². The summed E-state index contributed by atoms with van der Waals surface area (Å²) in [7, 11) is 1.64. The van der Waals surface area contributed by atoms with Crippen LogP contribution in [0.25, 0.3) is 5.69 Å². The topological polar surface area (TPSA) is 56.6 Å². The van der Waals surface area contributed by atoms with Crippen LogP contribution in [0.4, 0.5) is 0 Å². The molecule has 1 fully saturated rings. The molecule has 1 aliphatic heterocycles. The zero-order valence-electron chi connectivity index (χ0n) is 14.3. The van der Waals surface area contributed by atoms with E-state index in [1.165, 1.54) is 0 Å². The lowest BCUT2D eigenvalue weighted by molar-refractivity contribution is -0.143. The molecule has 128 valence electrons. The highest BCUT2D eigenvalue weighted by molar-refractivity contribution is 5.94. The molecule has 0 N–H and O–H groups in total. The van der Waals surface area contributed by atoms with Gasteiger partial charge in [0.2, 0.25) is 0 Å². The van der Waals surface area contributed by atoms with Crippen molar-refractivity contribution in [2.24, 2.45) is 0 Å². The van der Waals surface area contributed by atoms with Gasteiger partial charge in [-0.2, -0.15) is 5.10 Å². The van der Waals surface area contributed by atoms with E-state index in [0.29, 0.717) is 25.3 Å². The Labute approximate surface area is 142 Å². The molecular formula is C18H23N3O3. The van der Waals surface area contributed by atoms with Crippen LogP contribution in [0.5, 0.6) is 0 Å². The molecule has 1 aliphatic rings. The van der Waals surface area contributed by atoms with E-state index in [-0.39, 0.29) is 17.6 Å². The third-order valence-electron chi connectivity index (χ3n) is 4.00. The summed E-state index contributed by atoms with van der Waals surface area (Å²) in [5.41, 5.74) is 1.21. The molecule has 0 aliphatic carbocycles. The number of carbonyl (C=O) groups excluding carboxylic acids is 1. The Morgan fingerprint density at radius 2 is 2.12 bits per heavy atom. The van der Waals surface area contributed by atoms with Crippen molar-refractivity contribution in [1.29, 1.82) is 0 Å². The number of hydrogen-bond acceptors (Lipinski definition) is 4. The fourth-order valence-electron chi connectivity index (χ4n) is 3.08. The van der Waals surface area contributed by atoms with Crippen molar-refractivity contribution in [3.05, 3.63) is 48.3 Å². The summed E-state index contributed by atoms with van der Waals surface area (Å²) in [4.78, 5) is 14.7. The maximum absolute atomic E-state index is 12.8. The maximum Gasteiger partial charge on any atom is 0.254 e. The minimum atomic E-state index is -0.383. The molecule has 6 heteroatoms. The minimum Gasteiger partial charge on any atom is -0.382 e. The molecule has 1 saturated heterocycles. The molecule has 6 nitrogen and oxygen atoms in total. The fraction of sp³-hybridized carbons (Fsp3) is 0.444. The van der Waals surface area contributed by atoms with Crippen LogP contribution in [0, 0.1) is 0 Å². The molecule has 1 aromatic carbocycles. The summed E-state index contributed by atoms with van der Waals surface area (Å²) in [6, 6.07) is 9.35. The van der Waals surface area contributed by atoms with Crippen molar-refractivity contribution < 1.29 is 14.3 Å². The van der Waals surface area contributed by atoms with E-state index >= 15 is 0 Å². The van der Waals surface area contributed by atoms with Crippen molar-refractivity contribution in [1.82, 2.24) is 14.7 Å². The summed E-state index contributed by atoms with van der Waals surface area (Å²) >= 11 is 0. The number of nitrogens with zero attached hydrogens (tertiary/aromatic N) is 3. The smallest absolute Gasteiger partial charge is 0.254 e. The van der Waals surface area contributed by atoms with Gasteiger partial charge >= 0.3 is 0 Å². The Balaban J connectivity index is 1.75. The Hall–Kier alpha value is -2.18. The Morgan fingerprint density at radius 1 is 1.38 bits per heavy atom. The average molecular weight is 329 g/mol. The van der Waals surface area contributed by atoms with Crippen molar-refractivity contribution in [3.8, 4) is 5.69 Å². The number of amides is 1. The number of rotatable bonds is 4. The molecule has 0 unspecified atom stereocenters. The van der Waals surface area contributed by atoms with Gasteiger partial charge in [-0.05, 0) is 44.2 Å². The molecule has 0 radical (unpaired) electrons. The Morgan fingerprint density at radius 3 is 2.75 bits per heavy atom. The first-order chi connectivity index (χ1) is 11.5. The van der Waals surface area contributed by atoms with Crippen LogP contribution >= 0.6 is 0 Å². The van der Waals surface area contributed by atoms with Crippen molar-refractivity contribution in [2.45, 2.75) is 25.6 Å². The van der Waals surface area contributed by atoms with Gasteiger partial charge in [-0.25, -0.2) is 4.68 Å². The molecule has 1 amide bonds. The summed E-state index contributed by atoms with van der Waals surface area (Å²) in [6.45, 7) is 5.57. The standard InChI is InChI=1S/C18H23N3O3/c1-18(2)13-20(11-16(24-18)12-23-3)17(22)14-5-7-15(8-6-14)21-10-4-9-19-21/h4-10,16H,11-13H2,1-3H3/t16-/m1/s1. The maximum atomic E-state index is 12.8. The number of morpholine rings is 1. The second-order valence-electron chi connectivity index (χ2n) is 6.64. The number of carbonyl (C=O) groups is 1. The predicted octanol–water partition coefficient (Wildman–Crippen LogP) is 2.14. The van der Waals surface area contributed by atoms with Gasteiger partial charge in [0.05, 0.1) is 24.0 Å². The highest BCUT2D eigenvalue weighted by atomic mass is 16.5. The summed E-state index contributed by atoms with van der Waals surface area (Å²) in [5, 5.41) is 4.19. The largest absolute Gasteiger partial charge is 0.382 e. The van der Waals surface area contributed by atoms with Gasteiger partial charge in [0.15, 0.2) is 0 Å². The quantitative estimate of drug-likeness (QED) is 0.862. The van der Waals surface area contributed by atoms with Crippen LogP contribution in [0.3, 0.4) is 0 Å². The highest BCUT2D eigenvalue weighted by Crippen LogP contribution is 2.23. The van der Waals surface area contributed by atoms with E-state index in [4.69, 9.17) is 9.47 Å². The number of ether oxygens (including phenoxy) is 2. The van der Waals surface area contributed by atoms with Gasteiger partial charge in [-0.3, -0.25) is 4.79 Å². The summed E-state index contributed by atoms with van der Waals surface area (Å²) < 4.78 is 12.9. The third kappa shape index (κ3) is 3.66. The number of benzene rings is 1. The average Bonchev–Trinajstić information content (AvgIpc) is 3.07. The second-order valence-corrected chi connectivity index (χ2v) is 6.64. The lowest BCUT2D eigenvalue weighted by Gasteiger charge is -2.42. The van der Waals surface area contributed by atoms with Crippen LogP contribution in [-0.4, -0.2) is 59.1 Å². The molecule has 2 heterocycles. The number of aromatic nitrogens is 2. The van der Waals surface area contributed by atoms with Crippen molar-refractivity contribution in [2.75, 3.05) is 26.8 Å². The molecule has 24 heavy (non-hydrogen) atoms. The van der Waals surface area contributed by atoms with E-state index in [1.807, 2.05) is 55.3 Å². The molecule has 0 spiro atoms. The monoisotopic (exact) mass is 329 g/mol. The molecule has 1 atom stereocenters. The van der Waals surface area contributed by atoms with Gasteiger partial charge in [0, 0.05) is 38.2 Å². The fourth-order valence-corrected chi connectivity index (χ4v) is 3.08. The van der Waals surface area contributed by atoms with Crippen LogP contribution in [0.15, 0.2) is 42.7 Å². The van der Waals surface area contributed by atoms with Gasteiger partial charge < -0.3 is 14.4 Å². The number of methoxy groups -OCH3 is 1. The molecule has 0 saturated carbocycles. The van der Waals surface area contributed by atoms with Gasteiger partial charge in [-0.1, -0.05) is 0 Å². The van der Waals surface area contributed by atoms with Crippen molar-refractivity contribution in [3.63, 3.8) is 0 Å². The minimum absolute atomic E-state index is 0.0134. The number of hydrogen-bond donors (Lipinski definition) is 0. The van der Waals surface area contributed by atoms with E-state index in [1.54, 1.807) is 18.0 Å². The van der Waals surface area contributed by atoms with Gasteiger partial charge in [0.1, 0.15) is 0 Å². The Kier molecular flexibility index (Phi) is 4.69. The molecule has 0 bridgehead atoms. The summed E-state index contributed by atoms with van der Waals surface area (Å²) in [5.74, 6) is 0.0134.